The van der Waals surface area contributed by atoms with Gasteiger partial charge < -0.3 is 5.32 Å². The highest BCUT2D eigenvalue weighted by Crippen LogP contribution is 2.05. The molecule has 0 aliphatic heterocycles. The summed E-state index contributed by atoms with van der Waals surface area (Å²) in [6, 6.07) is 7.19. The predicted molar refractivity (Wildman–Crippen MR) is 53.9 cm³/mol. The lowest BCUT2D eigenvalue weighted by molar-refractivity contribution is -0.105. The Labute approximate surface area is 82.4 Å². The van der Waals surface area contributed by atoms with Crippen molar-refractivity contribution in [1.29, 1.82) is 0 Å². The lowest BCUT2D eigenvalue weighted by Gasteiger charge is -2.06. The number of nitrogens with one attached hydrogen (secondary N) is 1. The Morgan fingerprint density at radius 1 is 1.36 bits per heavy atom. The molecule has 1 aromatic carbocycles. The predicted octanol–water partition coefficient (Wildman–Crippen LogP) is 1.30. The lowest BCUT2D eigenvalue weighted by Crippen LogP contribution is -2.13. The molecule has 1 aromatic rings. The highest BCUT2D eigenvalue weighted by molar-refractivity contribution is 5.77. The van der Waals surface area contributed by atoms with E-state index in [1.807, 2.05) is 12.1 Å². The maximum Gasteiger partial charge on any atom is 0.165 e. The van der Waals surface area contributed by atoms with E-state index in [0.29, 0.717) is 24.1 Å². The van der Waals surface area contributed by atoms with Gasteiger partial charge in [0.1, 0.15) is 6.29 Å². The fourth-order valence-electron chi connectivity index (χ4n) is 1.06. The molecule has 0 spiro atoms. The summed E-state index contributed by atoms with van der Waals surface area (Å²) in [7, 11) is 0. The van der Waals surface area contributed by atoms with Gasteiger partial charge in [-0.3, -0.25) is 9.59 Å². The zero-order valence-electron chi connectivity index (χ0n) is 7.69. The molecule has 0 heterocycles. The maximum atomic E-state index is 10.6. The second kappa shape index (κ2) is 4.97. The molecule has 1 rings (SSSR count). The summed E-state index contributed by atoms with van der Waals surface area (Å²) in [5.41, 5.74) is 1.79. The standard InChI is InChI=1S/C11H11NO2/c1-9(7-13)12-6-10-4-2-3-5-11(10)8-14/h2-5,7-8,12H,1,6H2. The fraction of sp³-hybridized carbons (Fsp3) is 0.0909. The van der Waals surface area contributed by atoms with Gasteiger partial charge in [-0.15, -0.1) is 0 Å². The van der Waals surface area contributed by atoms with Crippen LogP contribution in [-0.4, -0.2) is 12.6 Å². The van der Waals surface area contributed by atoms with E-state index in [2.05, 4.69) is 11.9 Å². The number of carbonyl (C=O) groups excluding carboxylic acids is 2. The van der Waals surface area contributed by atoms with Crippen LogP contribution < -0.4 is 5.32 Å². The number of aldehydes is 2. The number of rotatable bonds is 5. The molecule has 0 fully saturated rings. The Hall–Kier alpha value is -1.90. The van der Waals surface area contributed by atoms with E-state index in [4.69, 9.17) is 0 Å². The molecule has 0 aromatic heterocycles. The van der Waals surface area contributed by atoms with E-state index in [1.54, 1.807) is 12.1 Å². The van der Waals surface area contributed by atoms with Crippen LogP contribution in [-0.2, 0) is 11.3 Å². The molecule has 0 saturated carbocycles. The number of allylic oxidation sites excluding steroid dienone is 1. The van der Waals surface area contributed by atoms with Gasteiger partial charge >= 0.3 is 0 Å². The van der Waals surface area contributed by atoms with Crippen LogP contribution in [0, 0.1) is 0 Å². The Morgan fingerprint density at radius 2 is 2.07 bits per heavy atom. The van der Waals surface area contributed by atoms with Crippen LogP contribution in [0.3, 0.4) is 0 Å². The summed E-state index contributed by atoms with van der Waals surface area (Å²) in [5.74, 6) is 0. The van der Waals surface area contributed by atoms with E-state index in [9.17, 15) is 9.59 Å². The second-order valence-corrected chi connectivity index (χ2v) is 2.81. The maximum absolute atomic E-state index is 10.6. The molecule has 3 nitrogen and oxygen atoms in total. The van der Waals surface area contributed by atoms with Crippen molar-refractivity contribution in [3.63, 3.8) is 0 Å². The molecule has 0 radical (unpaired) electrons. The Morgan fingerprint density at radius 3 is 2.71 bits per heavy atom. The van der Waals surface area contributed by atoms with Crippen LogP contribution in [0.4, 0.5) is 0 Å². The number of carbonyl (C=O) groups is 2. The molecule has 0 bridgehead atoms. The molecule has 0 atom stereocenters. The molecule has 0 aliphatic rings. The first kappa shape index (κ1) is 10.2. The largest absolute Gasteiger partial charge is 0.379 e. The third-order valence-electron chi connectivity index (χ3n) is 1.83. The molecule has 0 amide bonds. The van der Waals surface area contributed by atoms with Crippen molar-refractivity contribution in [3.8, 4) is 0 Å². The van der Waals surface area contributed by atoms with Crippen molar-refractivity contribution in [3.05, 3.63) is 47.7 Å². The molecule has 3 heteroatoms. The van der Waals surface area contributed by atoms with Crippen LogP contribution >= 0.6 is 0 Å². The summed E-state index contributed by atoms with van der Waals surface area (Å²) in [5, 5.41) is 2.80. The topological polar surface area (TPSA) is 46.2 Å². The Bertz CT molecular complexity index is 358. The third kappa shape index (κ3) is 2.55. The summed E-state index contributed by atoms with van der Waals surface area (Å²) >= 11 is 0. The van der Waals surface area contributed by atoms with Crippen LogP contribution in [0.5, 0.6) is 0 Å². The molecule has 14 heavy (non-hydrogen) atoms. The highest BCUT2D eigenvalue weighted by Gasteiger charge is 1.99. The average Bonchev–Trinajstić information content (AvgIpc) is 2.26. The minimum Gasteiger partial charge on any atom is -0.379 e. The molecule has 0 saturated heterocycles. The van der Waals surface area contributed by atoms with Gasteiger partial charge in [-0.25, -0.2) is 0 Å². The van der Waals surface area contributed by atoms with E-state index >= 15 is 0 Å². The molecular weight excluding hydrogens is 178 g/mol. The van der Waals surface area contributed by atoms with E-state index in [1.165, 1.54) is 0 Å². The third-order valence-corrected chi connectivity index (χ3v) is 1.83. The monoisotopic (exact) mass is 189 g/mol. The first-order chi connectivity index (χ1) is 6.77. The fourth-order valence-corrected chi connectivity index (χ4v) is 1.06. The Kier molecular flexibility index (Phi) is 3.61. The van der Waals surface area contributed by atoms with Gasteiger partial charge in [0.05, 0.1) is 5.70 Å². The summed E-state index contributed by atoms with van der Waals surface area (Å²) in [6.07, 6.45) is 1.43. The molecule has 1 N–H and O–H groups in total. The van der Waals surface area contributed by atoms with Crippen LogP contribution in [0.15, 0.2) is 36.5 Å². The van der Waals surface area contributed by atoms with Crippen LogP contribution in [0.2, 0.25) is 0 Å². The summed E-state index contributed by atoms with van der Waals surface area (Å²) < 4.78 is 0. The average molecular weight is 189 g/mol. The second-order valence-electron chi connectivity index (χ2n) is 2.81. The Balaban J connectivity index is 2.70. The number of benzene rings is 1. The van der Waals surface area contributed by atoms with Gasteiger partial charge in [-0.05, 0) is 5.56 Å². The SMILES string of the molecule is C=C(C=O)NCc1ccccc1C=O. The van der Waals surface area contributed by atoms with E-state index < -0.39 is 0 Å². The van der Waals surface area contributed by atoms with Gasteiger partial charge in [0.2, 0.25) is 0 Å². The smallest absolute Gasteiger partial charge is 0.165 e. The van der Waals surface area contributed by atoms with Crippen molar-refractivity contribution >= 4 is 12.6 Å². The quantitative estimate of drug-likeness (QED) is 0.561. The molecule has 72 valence electrons. The van der Waals surface area contributed by atoms with Crippen molar-refractivity contribution in [1.82, 2.24) is 5.32 Å². The summed E-state index contributed by atoms with van der Waals surface area (Å²) in [4.78, 5) is 20.9. The van der Waals surface area contributed by atoms with Crippen LogP contribution in [0.1, 0.15) is 15.9 Å². The first-order valence-corrected chi connectivity index (χ1v) is 4.19. The van der Waals surface area contributed by atoms with E-state index in [0.717, 1.165) is 11.8 Å². The van der Waals surface area contributed by atoms with Gasteiger partial charge in [0, 0.05) is 12.1 Å². The van der Waals surface area contributed by atoms with Gasteiger partial charge in [0.15, 0.2) is 6.29 Å². The zero-order valence-corrected chi connectivity index (χ0v) is 7.69. The van der Waals surface area contributed by atoms with Crippen molar-refractivity contribution < 1.29 is 9.59 Å². The summed E-state index contributed by atoms with van der Waals surface area (Å²) in [6.45, 7) is 3.91. The highest BCUT2D eigenvalue weighted by atomic mass is 16.1. The van der Waals surface area contributed by atoms with Crippen molar-refractivity contribution in [2.45, 2.75) is 6.54 Å². The van der Waals surface area contributed by atoms with Crippen molar-refractivity contribution in [2.75, 3.05) is 0 Å². The minimum absolute atomic E-state index is 0.311. The minimum atomic E-state index is 0.311. The van der Waals surface area contributed by atoms with Gasteiger partial charge in [-0.1, -0.05) is 30.8 Å². The lowest BCUT2D eigenvalue weighted by atomic mass is 10.1. The van der Waals surface area contributed by atoms with Gasteiger partial charge in [-0.2, -0.15) is 0 Å². The first-order valence-electron chi connectivity index (χ1n) is 4.19. The van der Waals surface area contributed by atoms with E-state index in [-0.39, 0.29) is 0 Å². The molecule has 0 unspecified atom stereocenters. The molecular formula is C11H11NO2. The van der Waals surface area contributed by atoms with Gasteiger partial charge in [0.25, 0.3) is 0 Å². The van der Waals surface area contributed by atoms with Crippen LogP contribution in [0.25, 0.3) is 0 Å². The zero-order chi connectivity index (χ0) is 10.4. The van der Waals surface area contributed by atoms with Crippen molar-refractivity contribution in [2.24, 2.45) is 0 Å². The normalized spacial score (nSPS) is 9.14. The number of hydrogen-bond acceptors (Lipinski definition) is 3. The molecule has 0 aliphatic carbocycles. The number of hydrogen-bond donors (Lipinski definition) is 1.